The molecule has 4 aromatic rings. The van der Waals surface area contributed by atoms with Gasteiger partial charge in [0.15, 0.2) is 28.7 Å². The van der Waals surface area contributed by atoms with Crippen LogP contribution in [0.2, 0.25) is 0 Å². The number of anilines is 1. The van der Waals surface area contributed by atoms with E-state index in [1.165, 1.54) is 23.0 Å². The first-order valence-electron chi connectivity index (χ1n) is 16.3. The minimum absolute atomic E-state index is 0.0113. The third kappa shape index (κ3) is 9.39. The molecule has 2 aromatic carbocycles. The van der Waals surface area contributed by atoms with E-state index in [0.29, 0.717) is 12.1 Å². The minimum Gasteiger partial charge on any atom is -0.480 e. The highest BCUT2D eigenvalue weighted by Gasteiger charge is 2.53. The van der Waals surface area contributed by atoms with Crippen molar-refractivity contribution in [2.45, 2.75) is 69.4 Å². The summed E-state index contributed by atoms with van der Waals surface area (Å²) in [5, 5.41) is 15.3. The molecule has 2 aromatic heterocycles. The first kappa shape index (κ1) is 37.2. The lowest BCUT2D eigenvalue weighted by atomic mass is 9.98. The summed E-state index contributed by atoms with van der Waals surface area (Å²) in [5.74, 6) is 1.08. The number of aliphatic carboxylic acids is 1. The van der Waals surface area contributed by atoms with E-state index < -0.39 is 56.5 Å². The van der Waals surface area contributed by atoms with E-state index >= 15 is 0 Å². The number of benzene rings is 2. The zero-order valence-corrected chi connectivity index (χ0v) is 28.7. The molecule has 0 aliphatic carbocycles. The Morgan fingerprint density at radius 1 is 1.18 bits per heavy atom. The smallest absolute Gasteiger partial charge is 0.459 e. The number of carbonyl (C=O) groups is 2. The Labute approximate surface area is 293 Å². The number of nitrogens with zero attached hydrogens (tertiary/aromatic N) is 4. The third-order valence-corrected chi connectivity index (χ3v) is 9.67. The Morgan fingerprint density at radius 3 is 2.59 bits per heavy atom. The minimum atomic E-state index is -4.59. The Hall–Kier alpha value is -5.07. The second kappa shape index (κ2) is 16.8. The molecule has 0 saturated carbocycles. The number of para-hydroxylation sites is 1. The van der Waals surface area contributed by atoms with Crippen LogP contribution in [-0.2, 0) is 29.8 Å². The molecule has 1 aliphatic rings. The first-order chi connectivity index (χ1) is 24.5. The number of terminal acetylenes is 1. The molecule has 1 amide bonds. The second-order valence-corrected chi connectivity index (χ2v) is 13.5. The van der Waals surface area contributed by atoms with E-state index in [1.54, 1.807) is 48.5 Å². The molecular formula is C34H39FN7O8P. The van der Waals surface area contributed by atoms with Crippen molar-refractivity contribution in [2.75, 3.05) is 18.9 Å². The molecule has 0 radical (unpaired) electrons. The average Bonchev–Trinajstić information content (AvgIpc) is 3.69. The molecule has 5 N–H and O–H groups in total. The largest absolute Gasteiger partial charge is 0.480 e. The molecule has 51 heavy (non-hydrogen) atoms. The number of nitrogens with two attached hydrogens (primary N) is 1. The van der Waals surface area contributed by atoms with Crippen LogP contribution in [0.1, 0.15) is 50.8 Å². The van der Waals surface area contributed by atoms with Crippen molar-refractivity contribution in [3.05, 3.63) is 78.6 Å². The molecule has 270 valence electrons. The number of nitrogen functional groups attached to an aromatic ring is 1. The number of aromatic nitrogens is 4. The zero-order chi connectivity index (χ0) is 36.4. The van der Waals surface area contributed by atoms with Gasteiger partial charge in [0.25, 0.3) is 0 Å². The summed E-state index contributed by atoms with van der Waals surface area (Å²) in [5.41, 5.74) is 4.66. The van der Waals surface area contributed by atoms with Gasteiger partial charge in [-0.3, -0.25) is 13.9 Å². The van der Waals surface area contributed by atoms with Crippen LogP contribution < -0.4 is 20.7 Å². The fraction of sp³-hybridized carbons (Fsp3) is 0.382. The monoisotopic (exact) mass is 723 g/mol. The summed E-state index contributed by atoms with van der Waals surface area (Å²) in [4.78, 5) is 36.9. The van der Waals surface area contributed by atoms with Crippen LogP contribution in [0.15, 0.2) is 67.0 Å². The van der Waals surface area contributed by atoms with Crippen LogP contribution in [0.5, 0.6) is 5.75 Å². The third-order valence-electron chi connectivity index (χ3n) is 8.12. The maximum Gasteiger partial charge on any atom is 0.459 e. The molecule has 1 fully saturated rings. The van der Waals surface area contributed by atoms with Crippen LogP contribution in [0.25, 0.3) is 11.2 Å². The fourth-order valence-electron chi connectivity index (χ4n) is 5.50. The molecule has 1 saturated heterocycles. The number of fused-ring (bicyclic) bond motifs is 1. The summed E-state index contributed by atoms with van der Waals surface area (Å²) in [6.07, 6.45) is 6.67. The summed E-state index contributed by atoms with van der Waals surface area (Å²) < 4.78 is 53.8. The van der Waals surface area contributed by atoms with Crippen molar-refractivity contribution in [3.63, 3.8) is 0 Å². The van der Waals surface area contributed by atoms with Gasteiger partial charge in [-0.25, -0.2) is 14.3 Å². The molecule has 0 bridgehead atoms. The lowest BCUT2D eigenvalue weighted by Gasteiger charge is -2.31. The SMILES string of the molecule is C#C[C@]1(CO[P@@](=O)(NC(Cc2ccccc2)C(=O)O)Oc2ccccc2)O[C@@H](n2cnc3c(N)nc(F)nc32)C[C@@H]1OC(=O)NCCCCCC. The van der Waals surface area contributed by atoms with E-state index in [1.807, 2.05) is 0 Å². The number of amides is 1. The molecular weight excluding hydrogens is 684 g/mol. The number of ether oxygens (including phenoxy) is 2. The Balaban J connectivity index is 1.44. The number of carboxylic acids is 1. The van der Waals surface area contributed by atoms with Crippen molar-refractivity contribution in [3.8, 4) is 18.1 Å². The van der Waals surface area contributed by atoms with Crippen LogP contribution in [-0.4, -0.2) is 67.6 Å². The number of halogens is 1. The standard InChI is InChI=1S/C34H39FN7O8P/c1-3-5-6-13-18-37-33(45)48-26-20-27(42-22-38-28-29(36)39-32(35)40-30(28)42)49-34(26,4-2)21-47-51(46,50-24-16-11-8-12-17-24)41-25(31(43)44)19-23-14-9-7-10-15-23/h2,7-12,14-17,22,25-27H,3,5-6,13,18-21H2,1H3,(H,37,45)(H,41,46)(H,43,44)(H2,36,39,40)/t25?,26-,27+,34+,51-/m0/s1. The first-order valence-corrected chi connectivity index (χ1v) is 17.9. The van der Waals surface area contributed by atoms with Gasteiger partial charge in [-0.15, -0.1) is 6.42 Å². The lowest BCUT2D eigenvalue weighted by Crippen LogP contribution is -2.47. The topological polar surface area (TPSA) is 202 Å². The van der Waals surface area contributed by atoms with Gasteiger partial charge < -0.3 is 30.2 Å². The highest BCUT2D eigenvalue weighted by atomic mass is 31.2. The van der Waals surface area contributed by atoms with Gasteiger partial charge in [-0.05, 0) is 30.5 Å². The highest BCUT2D eigenvalue weighted by Crippen LogP contribution is 2.48. The molecule has 15 nitrogen and oxygen atoms in total. The van der Waals surface area contributed by atoms with Crippen molar-refractivity contribution in [2.24, 2.45) is 0 Å². The van der Waals surface area contributed by atoms with E-state index in [0.717, 1.165) is 25.7 Å². The quantitative estimate of drug-likeness (QED) is 0.0491. The van der Waals surface area contributed by atoms with Crippen LogP contribution in [0.3, 0.4) is 0 Å². The van der Waals surface area contributed by atoms with Crippen molar-refractivity contribution in [1.82, 2.24) is 29.9 Å². The van der Waals surface area contributed by atoms with Gasteiger partial charge in [0.1, 0.15) is 24.6 Å². The molecule has 3 heterocycles. The molecule has 5 rings (SSSR count). The predicted molar refractivity (Wildman–Crippen MR) is 184 cm³/mol. The second-order valence-electron chi connectivity index (χ2n) is 11.8. The van der Waals surface area contributed by atoms with Gasteiger partial charge in [0.2, 0.25) is 0 Å². The fourth-order valence-corrected chi connectivity index (χ4v) is 7.03. The number of rotatable bonds is 17. The van der Waals surface area contributed by atoms with Gasteiger partial charge in [-0.2, -0.15) is 19.4 Å². The number of carbonyl (C=O) groups excluding carboxylic acids is 1. The van der Waals surface area contributed by atoms with Crippen LogP contribution >= 0.6 is 7.75 Å². The molecule has 0 spiro atoms. The van der Waals surface area contributed by atoms with Crippen LogP contribution in [0, 0.1) is 18.4 Å². The normalized spacial score (nSPS) is 20.3. The Morgan fingerprint density at radius 2 is 1.90 bits per heavy atom. The number of imidazole rings is 1. The van der Waals surface area contributed by atoms with E-state index in [4.69, 9.17) is 30.7 Å². The summed E-state index contributed by atoms with van der Waals surface area (Å²) in [7, 11) is -4.59. The number of unbranched alkanes of at least 4 members (excludes halogenated alkanes) is 3. The number of hydrogen-bond acceptors (Lipinski definition) is 11. The van der Waals surface area contributed by atoms with E-state index in [-0.39, 0.29) is 35.6 Å². The molecule has 5 atom stereocenters. The van der Waals surface area contributed by atoms with Crippen molar-refractivity contribution < 1.29 is 42.2 Å². The van der Waals surface area contributed by atoms with Gasteiger partial charge in [0.05, 0.1) is 6.33 Å². The summed E-state index contributed by atoms with van der Waals surface area (Å²) in [6, 6.07) is 15.3. The molecule has 1 unspecified atom stereocenters. The Bertz CT molecular complexity index is 1890. The molecule has 1 aliphatic heterocycles. The van der Waals surface area contributed by atoms with Gasteiger partial charge in [-0.1, -0.05) is 80.6 Å². The number of nitrogens with one attached hydrogen (secondary N) is 2. The maximum atomic E-state index is 14.5. The van der Waals surface area contributed by atoms with Crippen molar-refractivity contribution >= 4 is 36.8 Å². The summed E-state index contributed by atoms with van der Waals surface area (Å²) in [6.45, 7) is 1.71. The Kier molecular flexibility index (Phi) is 12.2. The highest BCUT2D eigenvalue weighted by molar-refractivity contribution is 7.52. The van der Waals surface area contributed by atoms with E-state index in [2.05, 4.69) is 38.2 Å². The lowest BCUT2D eigenvalue weighted by molar-refractivity contribution is -0.139. The van der Waals surface area contributed by atoms with Crippen LogP contribution in [0.4, 0.5) is 15.0 Å². The van der Waals surface area contributed by atoms with Gasteiger partial charge >= 0.3 is 25.9 Å². The number of hydrogen-bond donors (Lipinski definition) is 4. The number of carboxylic acid groups (broad SMARTS) is 1. The average molecular weight is 724 g/mol. The maximum absolute atomic E-state index is 14.5. The number of alkyl carbamates (subject to hydrolysis) is 1. The van der Waals surface area contributed by atoms with Crippen molar-refractivity contribution in [1.29, 1.82) is 0 Å². The zero-order valence-electron chi connectivity index (χ0n) is 27.8. The van der Waals surface area contributed by atoms with E-state index in [9.17, 15) is 23.7 Å². The summed E-state index contributed by atoms with van der Waals surface area (Å²) >= 11 is 0. The predicted octanol–water partition coefficient (Wildman–Crippen LogP) is 5.00. The molecule has 17 heteroatoms. The van der Waals surface area contributed by atoms with Gasteiger partial charge in [0, 0.05) is 13.0 Å².